The number of aliphatic hydroxyl groups is 1. The maximum Gasteiger partial charge on any atom is 0.316 e. The highest BCUT2D eigenvalue weighted by molar-refractivity contribution is 6.00. The molecule has 0 aromatic carbocycles. The van der Waals surface area contributed by atoms with Gasteiger partial charge < -0.3 is 33.9 Å². The van der Waals surface area contributed by atoms with E-state index in [-0.39, 0.29) is 36.0 Å². The van der Waals surface area contributed by atoms with Crippen molar-refractivity contribution in [3.63, 3.8) is 0 Å². The van der Waals surface area contributed by atoms with Crippen LogP contribution in [0, 0.1) is 17.8 Å². The van der Waals surface area contributed by atoms with E-state index in [9.17, 15) is 14.7 Å². The van der Waals surface area contributed by atoms with E-state index in [0.29, 0.717) is 12.8 Å². The highest BCUT2D eigenvalue weighted by Gasteiger charge is 2.51. The Kier molecular flexibility index (Phi) is 10.0. The van der Waals surface area contributed by atoms with Gasteiger partial charge in [0.15, 0.2) is 12.1 Å². The van der Waals surface area contributed by atoms with E-state index in [2.05, 4.69) is 23.8 Å². The zero-order chi connectivity index (χ0) is 28.6. The van der Waals surface area contributed by atoms with Gasteiger partial charge in [0.2, 0.25) is 0 Å². The van der Waals surface area contributed by atoms with Gasteiger partial charge >= 0.3 is 5.97 Å². The minimum Gasteiger partial charge on any atom is -0.463 e. The number of hydrogen-bond donors (Lipinski definition) is 1. The molecule has 0 saturated carbocycles. The van der Waals surface area contributed by atoms with E-state index in [1.165, 1.54) is 0 Å². The second kappa shape index (κ2) is 12.2. The third-order valence-corrected chi connectivity index (χ3v) is 9.07. The fraction of sp³-hybridized carbons (Fsp3) is 0.929. The summed E-state index contributed by atoms with van der Waals surface area (Å²) in [6.45, 7) is 12.0. The van der Waals surface area contributed by atoms with Crippen LogP contribution in [0.4, 0.5) is 0 Å². The fourth-order valence-corrected chi connectivity index (χ4v) is 6.71. The van der Waals surface area contributed by atoms with Crippen molar-refractivity contribution in [2.75, 3.05) is 61.5 Å². The summed E-state index contributed by atoms with van der Waals surface area (Å²) in [7, 11) is 9.59. The van der Waals surface area contributed by atoms with Gasteiger partial charge in [-0.25, -0.2) is 0 Å². The van der Waals surface area contributed by atoms with Crippen LogP contribution in [-0.4, -0.2) is 135 Å². The summed E-state index contributed by atoms with van der Waals surface area (Å²) in [6, 6.07) is -0.156. The van der Waals surface area contributed by atoms with Gasteiger partial charge in [0.25, 0.3) is 0 Å². The molecule has 1 spiro atoms. The number of ether oxygens (including phenoxy) is 4. The lowest BCUT2D eigenvalue weighted by Crippen LogP contribution is -2.71. The zero-order valence-electron chi connectivity index (χ0n) is 25.1. The van der Waals surface area contributed by atoms with Crippen molar-refractivity contribution in [2.45, 2.75) is 89.2 Å². The van der Waals surface area contributed by atoms with Crippen LogP contribution < -0.4 is 0 Å². The summed E-state index contributed by atoms with van der Waals surface area (Å²) in [6.07, 6.45) is -1.47. The number of likely N-dealkylation sites (N-methyl/N-ethyl adjacent to an activating group) is 3. The second-order valence-corrected chi connectivity index (χ2v) is 12.8. The topological polar surface area (TPSA) is 101 Å². The summed E-state index contributed by atoms with van der Waals surface area (Å²) >= 11 is 0. The number of cyclic esters (lactones) is 1. The van der Waals surface area contributed by atoms with Crippen LogP contribution in [0.2, 0.25) is 0 Å². The Bertz CT molecular complexity index is 835. The molecule has 0 bridgehead atoms. The number of aliphatic hydroxyl groups excluding tert-OH is 1. The normalized spacial score (nSPS) is 42.2. The average Bonchev–Trinajstić information content (AvgIpc) is 2.83. The molecule has 38 heavy (non-hydrogen) atoms. The van der Waals surface area contributed by atoms with Crippen molar-refractivity contribution < 1.29 is 33.6 Å². The first-order chi connectivity index (χ1) is 17.6. The smallest absolute Gasteiger partial charge is 0.316 e. The molecule has 4 unspecified atom stereocenters. The van der Waals surface area contributed by atoms with E-state index in [0.717, 1.165) is 19.6 Å². The molecule has 10 nitrogen and oxygen atoms in total. The van der Waals surface area contributed by atoms with Crippen LogP contribution in [0.3, 0.4) is 0 Å². The largest absolute Gasteiger partial charge is 0.463 e. The van der Waals surface area contributed by atoms with Crippen LogP contribution >= 0.6 is 0 Å². The van der Waals surface area contributed by atoms with Crippen molar-refractivity contribution in [1.82, 2.24) is 14.7 Å². The van der Waals surface area contributed by atoms with Crippen LogP contribution in [0.5, 0.6) is 0 Å². The quantitative estimate of drug-likeness (QED) is 0.413. The van der Waals surface area contributed by atoms with Gasteiger partial charge in [0.1, 0.15) is 18.6 Å². The number of methoxy groups -OCH3 is 1. The number of carbonyl (C=O) groups excluding carboxylic acids is 2. The Morgan fingerprint density at radius 3 is 2.29 bits per heavy atom. The monoisotopic (exact) mass is 541 g/mol. The Balaban J connectivity index is 1.96. The lowest BCUT2D eigenvalue weighted by atomic mass is 9.78. The van der Waals surface area contributed by atoms with Gasteiger partial charge in [0, 0.05) is 38.7 Å². The molecule has 3 fully saturated rings. The standard InChI is InChI=1S/C28H51N3O7/c1-17-12-27(5,35-10)24(38-26-23(33)21(29(6)7)11-18(2)37-26)19(3)22(32)20(4)25(34)36-16-28(31(9)13-17)14-30(8)15-28/h17-21,23-24,26,33H,11-16H2,1-10H3/t17-,18-,19?,20?,21+,23-,24?,26+,27?/m1/s1. The van der Waals surface area contributed by atoms with Crippen molar-refractivity contribution in [1.29, 1.82) is 0 Å². The molecular formula is C28H51N3O7. The van der Waals surface area contributed by atoms with Gasteiger partial charge in [0.05, 0.1) is 23.3 Å². The van der Waals surface area contributed by atoms with Crippen LogP contribution in [0.1, 0.15) is 47.5 Å². The molecule has 10 heteroatoms. The number of hydrogen-bond acceptors (Lipinski definition) is 10. The molecule has 0 radical (unpaired) electrons. The average molecular weight is 542 g/mol. The minimum atomic E-state index is -0.957. The number of rotatable bonds is 4. The molecule has 3 aliphatic rings. The van der Waals surface area contributed by atoms with Crippen molar-refractivity contribution >= 4 is 11.8 Å². The van der Waals surface area contributed by atoms with Gasteiger partial charge in [-0.2, -0.15) is 0 Å². The summed E-state index contributed by atoms with van der Waals surface area (Å²) in [5, 5.41) is 11.2. The van der Waals surface area contributed by atoms with E-state index in [1.807, 2.05) is 39.9 Å². The predicted octanol–water partition coefficient (Wildman–Crippen LogP) is 1.24. The Morgan fingerprint density at radius 1 is 1.11 bits per heavy atom. The van der Waals surface area contributed by atoms with E-state index in [1.54, 1.807) is 21.0 Å². The lowest BCUT2D eigenvalue weighted by molar-refractivity contribution is -0.295. The summed E-state index contributed by atoms with van der Waals surface area (Å²) in [5.41, 5.74) is -1.16. The molecular weight excluding hydrogens is 490 g/mol. The molecule has 9 atom stereocenters. The maximum atomic E-state index is 13.7. The highest BCUT2D eigenvalue weighted by Crippen LogP contribution is 2.37. The summed E-state index contributed by atoms with van der Waals surface area (Å²) in [4.78, 5) is 33.2. The fourth-order valence-electron chi connectivity index (χ4n) is 6.71. The summed E-state index contributed by atoms with van der Waals surface area (Å²) in [5.74, 6) is -2.28. The molecule has 0 aromatic rings. The van der Waals surface area contributed by atoms with Crippen LogP contribution in [0.15, 0.2) is 0 Å². The molecule has 0 amide bonds. The Morgan fingerprint density at radius 2 is 1.74 bits per heavy atom. The van der Waals surface area contributed by atoms with Crippen molar-refractivity contribution in [2.24, 2.45) is 17.8 Å². The number of ketones is 1. The van der Waals surface area contributed by atoms with Crippen molar-refractivity contribution in [3.8, 4) is 0 Å². The lowest BCUT2D eigenvalue weighted by Gasteiger charge is -2.54. The van der Waals surface area contributed by atoms with E-state index >= 15 is 0 Å². The molecule has 3 saturated heterocycles. The molecule has 0 aliphatic carbocycles. The van der Waals surface area contributed by atoms with Crippen LogP contribution in [-0.2, 0) is 28.5 Å². The summed E-state index contributed by atoms with van der Waals surface area (Å²) < 4.78 is 24.5. The molecule has 3 heterocycles. The van der Waals surface area contributed by atoms with Gasteiger partial charge in [-0.1, -0.05) is 13.8 Å². The number of esters is 1. The molecule has 0 aromatic heterocycles. The maximum absolute atomic E-state index is 13.7. The van der Waals surface area contributed by atoms with Crippen LogP contribution in [0.25, 0.3) is 0 Å². The third-order valence-electron chi connectivity index (χ3n) is 9.07. The highest BCUT2D eigenvalue weighted by atomic mass is 16.7. The first-order valence-electron chi connectivity index (χ1n) is 13.9. The Labute approximate surface area is 228 Å². The van der Waals surface area contributed by atoms with E-state index in [4.69, 9.17) is 18.9 Å². The number of nitrogens with zero attached hydrogens (tertiary/aromatic N) is 3. The van der Waals surface area contributed by atoms with Gasteiger partial charge in [-0.3, -0.25) is 14.5 Å². The zero-order valence-corrected chi connectivity index (χ0v) is 25.1. The number of carbonyl (C=O) groups is 2. The van der Waals surface area contributed by atoms with E-state index < -0.39 is 41.9 Å². The SMILES string of the molecule is COC1(C)C[C@@H](C)CN(C)C2(COC(=O)C(C)C(=O)C(C)C1O[C@@H]1O[C@H](C)C[C@H](N(C)C)[C@H]1O)CN(C)C2. The molecule has 220 valence electrons. The second-order valence-electron chi connectivity index (χ2n) is 12.8. The van der Waals surface area contributed by atoms with Crippen molar-refractivity contribution in [3.05, 3.63) is 0 Å². The Hall–Kier alpha value is -1.14. The molecule has 1 N–H and O–H groups in total. The minimum absolute atomic E-state index is 0.136. The first kappa shape index (κ1) is 31.4. The number of likely N-dealkylation sites (tertiary alicyclic amines) is 1. The first-order valence-corrected chi connectivity index (χ1v) is 13.9. The molecule has 3 aliphatic heterocycles. The molecule has 3 rings (SSSR count). The third kappa shape index (κ3) is 6.43. The van der Waals surface area contributed by atoms with Gasteiger partial charge in [-0.15, -0.1) is 0 Å². The number of Topliss-reactive ketones (excluding diaryl/α,β-unsaturated/α-hetero) is 1. The predicted molar refractivity (Wildman–Crippen MR) is 144 cm³/mol. The van der Waals surface area contributed by atoms with Gasteiger partial charge in [-0.05, 0) is 67.7 Å².